The number of nitrogens with one attached hydrogen (secondary N) is 1. The van der Waals surface area contributed by atoms with Gasteiger partial charge in [0.2, 0.25) is 0 Å². The highest BCUT2D eigenvalue weighted by Crippen LogP contribution is 2.20. The van der Waals surface area contributed by atoms with Gasteiger partial charge in [-0.05, 0) is 25.0 Å². The first kappa shape index (κ1) is 17.5. The lowest BCUT2D eigenvalue weighted by molar-refractivity contribution is 0.0139. The molecular weight excluding hydrogens is 330 g/mol. The zero-order chi connectivity index (χ0) is 17.8. The lowest BCUT2D eigenvalue weighted by Crippen LogP contribution is -2.48. The van der Waals surface area contributed by atoms with Crippen LogP contribution in [0.4, 0.5) is 0 Å². The lowest BCUT2D eigenvalue weighted by atomic mass is 10.1. The number of nitrogens with zero attached hydrogens (tertiary/aromatic N) is 2. The molecular formula is C20H27N3O3. The van der Waals surface area contributed by atoms with Crippen LogP contribution < -0.4 is 0 Å². The average Bonchev–Trinajstić information content (AvgIpc) is 3.14. The second-order valence-corrected chi connectivity index (χ2v) is 7.07. The van der Waals surface area contributed by atoms with Gasteiger partial charge in [0.05, 0.1) is 13.2 Å². The highest BCUT2D eigenvalue weighted by molar-refractivity contribution is 5.98. The van der Waals surface area contributed by atoms with E-state index in [-0.39, 0.29) is 11.9 Å². The van der Waals surface area contributed by atoms with Crippen LogP contribution in [-0.4, -0.2) is 79.3 Å². The molecule has 2 saturated heterocycles. The monoisotopic (exact) mass is 357 g/mol. The average molecular weight is 357 g/mol. The standard InChI is InChI=1S/C20H27N3O3/c24-20(19-15-16-3-1-2-4-18(16)21-19)23(17-5-11-25-12-6-17)8-7-22-9-13-26-14-10-22/h1-4,15,17,21H,5-14H2. The van der Waals surface area contributed by atoms with Gasteiger partial charge in [-0.3, -0.25) is 9.69 Å². The predicted octanol–water partition coefficient (Wildman–Crippen LogP) is 2.12. The molecule has 0 saturated carbocycles. The van der Waals surface area contributed by atoms with Gasteiger partial charge in [-0.1, -0.05) is 18.2 Å². The Morgan fingerprint density at radius 2 is 1.85 bits per heavy atom. The van der Waals surface area contributed by atoms with E-state index in [4.69, 9.17) is 9.47 Å². The fourth-order valence-corrected chi connectivity index (χ4v) is 3.86. The highest BCUT2D eigenvalue weighted by atomic mass is 16.5. The van der Waals surface area contributed by atoms with Gasteiger partial charge in [-0.2, -0.15) is 0 Å². The summed E-state index contributed by atoms with van der Waals surface area (Å²) in [6.45, 7) is 6.58. The van der Waals surface area contributed by atoms with Crippen molar-refractivity contribution in [1.29, 1.82) is 0 Å². The van der Waals surface area contributed by atoms with E-state index in [9.17, 15) is 4.79 Å². The predicted molar refractivity (Wildman–Crippen MR) is 100 cm³/mol. The molecule has 0 atom stereocenters. The minimum absolute atomic E-state index is 0.0985. The van der Waals surface area contributed by atoms with Gasteiger partial charge in [-0.25, -0.2) is 0 Å². The number of benzene rings is 1. The summed E-state index contributed by atoms with van der Waals surface area (Å²) >= 11 is 0. The number of rotatable bonds is 5. The zero-order valence-corrected chi connectivity index (χ0v) is 15.2. The molecule has 1 aromatic carbocycles. The topological polar surface area (TPSA) is 57.8 Å². The smallest absolute Gasteiger partial charge is 0.270 e. The summed E-state index contributed by atoms with van der Waals surface area (Å²) in [6.07, 6.45) is 1.82. The third kappa shape index (κ3) is 3.92. The Labute approximate surface area is 154 Å². The van der Waals surface area contributed by atoms with Gasteiger partial charge >= 0.3 is 0 Å². The third-order valence-corrected chi connectivity index (χ3v) is 5.41. The first-order valence-corrected chi connectivity index (χ1v) is 9.58. The number of ether oxygens (including phenoxy) is 2. The van der Waals surface area contributed by atoms with E-state index in [1.54, 1.807) is 0 Å². The molecule has 1 aromatic heterocycles. The molecule has 1 N–H and O–H groups in total. The fraction of sp³-hybridized carbons (Fsp3) is 0.550. The van der Waals surface area contributed by atoms with Crippen molar-refractivity contribution in [3.63, 3.8) is 0 Å². The van der Waals surface area contributed by atoms with Crippen molar-refractivity contribution < 1.29 is 14.3 Å². The quantitative estimate of drug-likeness (QED) is 0.891. The highest BCUT2D eigenvalue weighted by Gasteiger charge is 2.28. The molecule has 1 amide bonds. The van der Waals surface area contributed by atoms with Gasteiger partial charge in [0.1, 0.15) is 5.69 Å². The molecule has 0 bridgehead atoms. The van der Waals surface area contributed by atoms with Crippen LogP contribution in [0.25, 0.3) is 10.9 Å². The van der Waals surface area contributed by atoms with Crippen molar-refractivity contribution in [2.75, 3.05) is 52.6 Å². The number of hydrogen-bond acceptors (Lipinski definition) is 4. The summed E-state index contributed by atoms with van der Waals surface area (Å²) in [5.74, 6) is 0.0985. The van der Waals surface area contributed by atoms with Crippen LogP contribution in [0.15, 0.2) is 30.3 Å². The molecule has 0 aliphatic carbocycles. The summed E-state index contributed by atoms with van der Waals surface area (Å²) in [4.78, 5) is 21.0. The largest absolute Gasteiger partial charge is 0.381 e. The number of carbonyl (C=O) groups excluding carboxylic acids is 1. The molecule has 0 spiro atoms. The van der Waals surface area contributed by atoms with Crippen LogP contribution in [0.1, 0.15) is 23.3 Å². The summed E-state index contributed by atoms with van der Waals surface area (Å²) in [6, 6.07) is 10.3. The number of hydrogen-bond donors (Lipinski definition) is 1. The van der Waals surface area contributed by atoms with Gasteiger partial charge in [0.25, 0.3) is 5.91 Å². The second-order valence-electron chi connectivity index (χ2n) is 7.07. The molecule has 3 heterocycles. The first-order valence-electron chi connectivity index (χ1n) is 9.58. The van der Waals surface area contributed by atoms with E-state index >= 15 is 0 Å². The Balaban J connectivity index is 1.51. The molecule has 0 unspecified atom stereocenters. The number of amides is 1. The molecule has 0 radical (unpaired) electrons. The number of fused-ring (bicyclic) bond motifs is 1. The van der Waals surface area contributed by atoms with E-state index in [2.05, 4.69) is 14.8 Å². The van der Waals surface area contributed by atoms with Crippen molar-refractivity contribution in [2.24, 2.45) is 0 Å². The molecule has 26 heavy (non-hydrogen) atoms. The minimum Gasteiger partial charge on any atom is -0.381 e. The molecule has 2 aliphatic heterocycles. The molecule has 140 valence electrons. The maximum Gasteiger partial charge on any atom is 0.270 e. The molecule has 6 nitrogen and oxygen atoms in total. The SMILES string of the molecule is O=C(c1cc2ccccc2[nH]1)N(CCN1CCOCC1)C1CCOCC1. The Bertz CT molecular complexity index is 700. The van der Waals surface area contributed by atoms with Crippen LogP contribution in [0.3, 0.4) is 0 Å². The Morgan fingerprint density at radius 1 is 1.12 bits per heavy atom. The summed E-state index contributed by atoms with van der Waals surface area (Å²) in [5, 5.41) is 1.08. The number of aromatic amines is 1. The van der Waals surface area contributed by atoms with Gasteiger partial charge in [0.15, 0.2) is 0 Å². The Morgan fingerprint density at radius 3 is 2.62 bits per heavy atom. The van der Waals surface area contributed by atoms with Crippen molar-refractivity contribution in [2.45, 2.75) is 18.9 Å². The summed E-state index contributed by atoms with van der Waals surface area (Å²) in [5.41, 5.74) is 1.69. The number of aromatic nitrogens is 1. The number of morpholine rings is 1. The summed E-state index contributed by atoms with van der Waals surface area (Å²) in [7, 11) is 0. The van der Waals surface area contributed by atoms with E-state index in [1.165, 1.54) is 0 Å². The van der Waals surface area contributed by atoms with Crippen molar-refractivity contribution in [3.8, 4) is 0 Å². The van der Waals surface area contributed by atoms with Crippen LogP contribution >= 0.6 is 0 Å². The first-order chi connectivity index (χ1) is 12.8. The van der Waals surface area contributed by atoms with E-state index < -0.39 is 0 Å². The molecule has 2 aromatic rings. The van der Waals surface area contributed by atoms with Crippen LogP contribution in [0.5, 0.6) is 0 Å². The van der Waals surface area contributed by atoms with Gasteiger partial charge in [-0.15, -0.1) is 0 Å². The lowest BCUT2D eigenvalue weighted by Gasteiger charge is -2.36. The van der Waals surface area contributed by atoms with Crippen LogP contribution in [-0.2, 0) is 9.47 Å². The molecule has 2 fully saturated rings. The van der Waals surface area contributed by atoms with Gasteiger partial charge < -0.3 is 19.4 Å². The normalized spacial score (nSPS) is 19.7. The molecule has 2 aliphatic rings. The van der Waals surface area contributed by atoms with Gasteiger partial charge in [0, 0.05) is 56.3 Å². The Kier molecular flexibility index (Phi) is 5.53. The molecule has 4 rings (SSSR count). The van der Waals surface area contributed by atoms with Crippen LogP contribution in [0, 0.1) is 0 Å². The zero-order valence-electron chi connectivity index (χ0n) is 15.2. The van der Waals surface area contributed by atoms with Crippen LogP contribution in [0.2, 0.25) is 0 Å². The number of carbonyl (C=O) groups is 1. The number of para-hydroxylation sites is 1. The van der Waals surface area contributed by atoms with E-state index in [1.807, 2.05) is 30.3 Å². The van der Waals surface area contributed by atoms with E-state index in [0.717, 1.165) is 76.4 Å². The van der Waals surface area contributed by atoms with Crippen molar-refractivity contribution in [1.82, 2.24) is 14.8 Å². The summed E-state index contributed by atoms with van der Waals surface area (Å²) < 4.78 is 10.9. The fourth-order valence-electron chi connectivity index (χ4n) is 3.86. The second kappa shape index (κ2) is 8.20. The Hall–Kier alpha value is -1.89. The minimum atomic E-state index is 0.0985. The maximum atomic E-state index is 13.3. The van der Waals surface area contributed by atoms with Crippen molar-refractivity contribution in [3.05, 3.63) is 36.0 Å². The maximum absolute atomic E-state index is 13.3. The van der Waals surface area contributed by atoms with E-state index in [0.29, 0.717) is 5.69 Å². The molecule has 6 heteroatoms. The number of H-pyrrole nitrogens is 1. The van der Waals surface area contributed by atoms with Crippen molar-refractivity contribution >= 4 is 16.8 Å². The third-order valence-electron chi connectivity index (χ3n) is 5.41.